The summed E-state index contributed by atoms with van der Waals surface area (Å²) in [6, 6.07) is -0.783. The van der Waals surface area contributed by atoms with Crippen LogP contribution in [0.1, 0.15) is 12.8 Å². The highest BCUT2D eigenvalue weighted by atomic mass is 16.5. The second kappa shape index (κ2) is 7.08. The van der Waals surface area contributed by atoms with E-state index in [0.29, 0.717) is 0 Å². The number of hydrogen-bond acceptors (Lipinski definition) is 5. The average Bonchev–Trinajstić information content (AvgIpc) is 2.21. The van der Waals surface area contributed by atoms with Gasteiger partial charge in [0.2, 0.25) is 0 Å². The van der Waals surface area contributed by atoms with Crippen molar-refractivity contribution in [1.29, 1.82) is 0 Å². The Labute approximate surface area is 82.9 Å². The summed E-state index contributed by atoms with van der Waals surface area (Å²) in [6.45, 7) is 3.52. The molecule has 0 aliphatic heterocycles. The van der Waals surface area contributed by atoms with E-state index in [0.717, 1.165) is 0 Å². The zero-order chi connectivity index (χ0) is 11.0. The highest BCUT2D eigenvalue weighted by molar-refractivity contribution is 5.77. The Kier molecular flexibility index (Phi) is 6.39. The quantitative estimate of drug-likeness (QED) is 0.483. The second-order valence-corrected chi connectivity index (χ2v) is 2.64. The third-order valence-electron chi connectivity index (χ3n) is 1.53. The minimum Gasteiger partial charge on any atom is -0.469 e. The number of carbonyl (C=O) groups excluding carboxylic acids is 2. The van der Waals surface area contributed by atoms with Gasteiger partial charge in [-0.2, -0.15) is 0 Å². The normalized spacial score (nSPS) is 11.6. The van der Waals surface area contributed by atoms with E-state index in [1.54, 1.807) is 0 Å². The number of hydrogen-bond donors (Lipinski definition) is 1. The standard InChI is InChI=1S/C9H15NO4/c1-3-6-14-9(12)7(10)4-5-8(11)13-2/h3,7H,1,4-6,10H2,2H3. The molecule has 5 nitrogen and oxygen atoms in total. The monoisotopic (exact) mass is 201 g/mol. The highest BCUT2D eigenvalue weighted by Crippen LogP contribution is 1.98. The molecule has 0 bridgehead atoms. The summed E-state index contributed by atoms with van der Waals surface area (Å²) in [5.41, 5.74) is 5.44. The van der Waals surface area contributed by atoms with Gasteiger partial charge in [0.1, 0.15) is 12.6 Å². The lowest BCUT2D eigenvalue weighted by atomic mass is 10.2. The molecule has 0 amide bonds. The molecule has 0 saturated carbocycles. The van der Waals surface area contributed by atoms with Crippen LogP contribution in [0.4, 0.5) is 0 Å². The van der Waals surface area contributed by atoms with E-state index in [2.05, 4.69) is 16.1 Å². The van der Waals surface area contributed by atoms with E-state index in [-0.39, 0.29) is 19.4 Å². The molecule has 2 N–H and O–H groups in total. The maximum absolute atomic E-state index is 11.1. The van der Waals surface area contributed by atoms with E-state index in [4.69, 9.17) is 5.73 Å². The van der Waals surface area contributed by atoms with Crippen LogP contribution >= 0.6 is 0 Å². The van der Waals surface area contributed by atoms with Crippen LogP contribution in [-0.2, 0) is 19.1 Å². The first kappa shape index (κ1) is 12.6. The van der Waals surface area contributed by atoms with Crippen molar-refractivity contribution in [2.45, 2.75) is 18.9 Å². The van der Waals surface area contributed by atoms with Crippen molar-refractivity contribution < 1.29 is 19.1 Å². The molecule has 0 fully saturated rings. The van der Waals surface area contributed by atoms with Gasteiger partial charge in [-0.25, -0.2) is 0 Å². The molecular weight excluding hydrogens is 186 g/mol. The van der Waals surface area contributed by atoms with Crippen LogP contribution in [-0.4, -0.2) is 31.7 Å². The van der Waals surface area contributed by atoms with Crippen molar-refractivity contribution in [2.75, 3.05) is 13.7 Å². The molecule has 0 aliphatic carbocycles. The molecule has 14 heavy (non-hydrogen) atoms. The van der Waals surface area contributed by atoms with Gasteiger partial charge in [-0.1, -0.05) is 12.7 Å². The number of rotatable bonds is 6. The van der Waals surface area contributed by atoms with E-state index in [1.165, 1.54) is 13.2 Å². The second-order valence-electron chi connectivity index (χ2n) is 2.64. The maximum Gasteiger partial charge on any atom is 0.323 e. The van der Waals surface area contributed by atoms with Gasteiger partial charge in [0.05, 0.1) is 7.11 Å². The van der Waals surface area contributed by atoms with E-state index in [9.17, 15) is 9.59 Å². The molecule has 0 rings (SSSR count). The lowest BCUT2D eigenvalue weighted by Gasteiger charge is -2.09. The summed E-state index contributed by atoms with van der Waals surface area (Å²) in [4.78, 5) is 21.8. The largest absolute Gasteiger partial charge is 0.469 e. The SMILES string of the molecule is C=CCOC(=O)C(N)CCC(=O)OC. The highest BCUT2D eigenvalue weighted by Gasteiger charge is 2.15. The summed E-state index contributed by atoms with van der Waals surface area (Å²) in [7, 11) is 1.28. The van der Waals surface area contributed by atoms with Crippen molar-refractivity contribution in [3.05, 3.63) is 12.7 Å². The Balaban J connectivity index is 3.71. The minimum absolute atomic E-state index is 0.112. The summed E-state index contributed by atoms with van der Waals surface area (Å²) in [5.74, 6) is -0.925. The first-order chi connectivity index (χ1) is 6.61. The van der Waals surface area contributed by atoms with Gasteiger partial charge in [-0.05, 0) is 6.42 Å². The minimum atomic E-state index is -0.783. The summed E-state index contributed by atoms with van der Waals surface area (Å²) in [5, 5.41) is 0. The predicted octanol–water partition coefficient (Wildman–Crippen LogP) is -0.00390. The van der Waals surface area contributed by atoms with Crippen molar-refractivity contribution in [3.8, 4) is 0 Å². The fraction of sp³-hybridized carbons (Fsp3) is 0.556. The third kappa shape index (κ3) is 5.31. The first-order valence-corrected chi connectivity index (χ1v) is 4.21. The van der Waals surface area contributed by atoms with Gasteiger partial charge in [-0.3, -0.25) is 9.59 Å². The molecule has 0 aromatic rings. The molecule has 0 aromatic carbocycles. The van der Waals surface area contributed by atoms with E-state index >= 15 is 0 Å². The van der Waals surface area contributed by atoms with Crippen LogP contribution in [0.3, 0.4) is 0 Å². The van der Waals surface area contributed by atoms with Crippen LogP contribution in [0.15, 0.2) is 12.7 Å². The molecule has 0 heterocycles. The summed E-state index contributed by atoms with van der Waals surface area (Å²) < 4.78 is 9.08. The average molecular weight is 201 g/mol. The molecule has 0 spiro atoms. The lowest BCUT2D eigenvalue weighted by molar-refractivity contribution is -0.145. The number of carbonyl (C=O) groups is 2. The smallest absolute Gasteiger partial charge is 0.323 e. The molecule has 0 aliphatic rings. The summed E-state index contributed by atoms with van der Waals surface area (Å²) in [6.07, 6.45) is 1.79. The Bertz CT molecular complexity index is 215. The number of ether oxygens (including phenoxy) is 2. The third-order valence-corrected chi connectivity index (χ3v) is 1.53. The lowest BCUT2D eigenvalue weighted by Crippen LogP contribution is -2.32. The van der Waals surface area contributed by atoms with Gasteiger partial charge >= 0.3 is 11.9 Å². The molecule has 5 heteroatoms. The van der Waals surface area contributed by atoms with Crippen molar-refractivity contribution in [3.63, 3.8) is 0 Å². The first-order valence-electron chi connectivity index (χ1n) is 4.21. The van der Waals surface area contributed by atoms with Crippen LogP contribution < -0.4 is 5.73 Å². The van der Waals surface area contributed by atoms with Crippen molar-refractivity contribution >= 4 is 11.9 Å². The van der Waals surface area contributed by atoms with Gasteiger partial charge < -0.3 is 15.2 Å². The fourth-order valence-corrected chi connectivity index (χ4v) is 0.741. The van der Waals surface area contributed by atoms with Gasteiger partial charge in [0.25, 0.3) is 0 Å². The van der Waals surface area contributed by atoms with Crippen molar-refractivity contribution in [2.24, 2.45) is 5.73 Å². The molecule has 1 unspecified atom stereocenters. The number of esters is 2. The van der Waals surface area contributed by atoms with Crippen LogP contribution in [0, 0.1) is 0 Å². The predicted molar refractivity (Wildman–Crippen MR) is 50.4 cm³/mol. The van der Waals surface area contributed by atoms with E-state index in [1.807, 2.05) is 0 Å². The molecule has 0 radical (unpaired) electrons. The van der Waals surface area contributed by atoms with Crippen LogP contribution in [0.25, 0.3) is 0 Å². The van der Waals surface area contributed by atoms with E-state index < -0.39 is 18.0 Å². The zero-order valence-corrected chi connectivity index (χ0v) is 8.19. The number of nitrogens with two attached hydrogens (primary N) is 1. The van der Waals surface area contributed by atoms with Gasteiger partial charge in [0, 0.05) is 6.42 Å². The Morgan fingerprint density at radius 1 is 1.57 bits per heavy atom. The fourth-order valence-electron chi connectivity index (χ4n) is 0.741. The Morgan fingerprint density at radius 2 is 2.21 bits per heavy atom. The zero-order valence-electron chi connectivity index (χ0n) is 8.19. The van der Waals surface area contributed by atoms with Gasteiger partial charge in [-0.15, -0.1) is 0 Å². The molecule has 0 saturated heterocycles. The van der Waals surface area contributed by atoms with Crippen molar-refractivity contribution in [1.82, 2.24) is 0 Å². The maximum atomic E-state index is 11.1. The summed E-state index contributed by atoms with van der Waals surface area (Å²) >= 11 is 0. The molecule has 0 aromatic heterocycles. The van der Waals surface area contributed by atoms with Gasteiger partial charge in [0.15, 0.2) is 0 Å². The van der Waals surface area contributed by atoms with Crippen LogP contribution in [0.5, 0.6) is 0 Å². The topological polar surface area (TPSA) is 78.6 Å². The molecule has 1 atom stereocenters. The van der Waals surface area contributed by atoms with Crippen LogP contribution in [0.2, 0.25) is 0 Å². The molecular formula is C9H15NO4. The Hall–Kier alpha value is -1.36. The Morgan fingerprint density at radius 3 is 2.71 bits per heavy atom. The number of methoxy groups -OCH3 is 1. The molecule has 80 valence electrons.